The van der Waals surface area contributed by atoms with Crippen molar-refractivity contribution in [2.45, 2.75) is 30.6 Å². The van der Waals surface area contributed by atoms with E-state index in [-0.39, 0.29) is 4.90 Å². The Bertz CT molecular complexity index is 1090. The summed E-state index contributed by atoms with van der Waals surface area (Å²) >= 11 is 2.15. The molecule has 1 saturated heterocycles. The Labute approximate surface area is 190 Å². The maximum absolute atomic E-state index is 12.7. The third-order valence-electron chi connectivity index (χ3n) is 5.12. The molecule has 0 bridgehead atoms. The van der Waals surface area contributed by atoms with E-state index in [9.17, 15) is 8.42 Å². The summed E-state index contributed by atoms with van der Waals surface area (Å²) in [5.41, 5.74) is 2.01. The fourth-order valence-electron chi connectivity index (χ4n) is 3.52. The standard InChI is InChI=1S/C22H23IN4O2S/c23-18-8-10-20(11-9-18)30(28,29)26-19-7-5-6-17(16-19)21-12-13-22(25-24-21)27-14-3-1-2-4-15-27/h5-13,16,26H,1-4,14-15H2. The van der Waals surface area contributed by atoms with Gasteiger partial charge in [-0.05, 0) is 84.0 Å². The number of aromatic nitrogens is 2. The predicted octanol–water partition coefficient (Wildman–Crippen LogP) is 4.93. The maximum Gasteiger partial charge on any atom is 0.261 e. The molecule has 4 rings (SSSR count). The Morgan fingerprint density at radius 1 is 0.867 bits per heavy atom. The smallest absolute Gasteiger partial charge is 0.261 e. The molecule has 2 aromatic carbocycles. The quantitative estimate of drug-likeness (QED) is 0.470. The molecule has 1 aliphatic rings. The number of anilines is 2. The molecule has 0 radical (unpaired) electrons. The van der Waals surface area contributed by atoms with Gasteiger partial charge in [-0.2, -0.15) is 0 Å². The lowest BCUT2D eigenvalue weighted by Crippen LogP contribution is -2.25. The summed E-state index contributed by atoms with van der Waals surface area (Å²) in [4.78, 5) is 2.52. The van der Waals surface area contributed by atoms with Crippen LogP contribution >= 0.6 is 22.6 Å². The molecular formula is C22H23IN4O2S. The first kappa shape index (κ1) is 21.0. The number of nitrogens with one attached hydrogen (secondary N) is 1. The molecule has 156 valence electrons. The van der Waals surface area contributed by atoms with Crippen LogP contribution in [0.1, 0.15) is 25.7 Å². The zero-order chi connectivity index (χ0) is 21.0. The summed E-state index contributed by atoms with van der Waals surface area (Å²) in [5, 5.41) is 8.81. The number of rotatable bonds is 5. The summed E-state index contributed by atoms with van der Waals surface area (Å²) in [5.74, 6) is 0.899. The van der Waals surface area contributed by atoms with Crippen LogP contribution in [0.5, 0.6) is 0 Å². The molecule has 30 heavy (non-hydrogen) atoms. The minimum Gasteiger partial charge on any atom is -0.355 e. The van der Waals surface area contributed by atoms with Gasteiger partial charge in [0.25, 0.3) is 10.0 Å². The van der Waals surface area contributed by atoms with E-state index in [1.807, 2.05) is 24.3 Å². The molecule has 0 unspecified atom stereocenters. The van der Waals surface area contributed by atoms with Crippen molar-refractivity contribution in [3.63, 3.8) is 0 Å². The Balaban J connectivity index is 1.52. The van der Waals surface area contributed by atoms with Crippen LogP contribution in [0.2, 0.25) is 0 Å². The molecule has 8 heteroatoms. The molecule has 3 aromatic rings. The number of benzene rings is 2. The van der Waals surface area contributed by atoms with Crippen LogP contribution in [0.4, 0.5) is 11.5 Å². The molecule has 1 fully saturated rings. The fraction of sp³-hybridized carbons (Fsp3) is 0.273. The maximum atomic E-state index is 12.7. The largest absolute Gasteiger partial charge is 0.355 e. The second-order valence-electron chi connectivity index (χ2n) is 7.32. The van der Waals surface area contributed by atoms with Crippen molar-refractivity contribution in [1.29, 1.82) is 0 Å². The molecule has 0 amide bonds. The lowest BCUT2D eigenvalue weighted by atomic mass is 10.1. The summed E-state index contributed by atoms with van der Waals surface area (Å²) in [7, 11) is -3.65. The van der Waals surface area contributed by atoms with Crippen molar-refractivity contribution < 1.29 is 8.42 Å². The van der Waals surface area contributed by atoms with Gasteiger partial charge in [-0.3, -0.25) is 4.72 Å². The van der Waals surface area contributed by atoms with E-state index in [2.05, 4.69) is 42.4 Å². The third-order valence-corrected chi connectivity index (χ3v) is 7.23. The van der Waals surface area contributed by atoms with Crippen LogP contribution in [0, 0.1) is 3.57 Å². The topological polar surface area (TPSA) is 75.2 Å². The second-order valence-corrected chi connectivity index (χ2v) is 10.2. The molecule has 0 aliphatic carbocycles. The van der Waals surface area contributed by atoms with E-state index in [0.717, 1.165) is 28.0 Å². The normalized spacial score (nSPS) is 14.9. The molecule has 1 aliphatic heterocycles. The lowest BCUT2D eigenvalue weighted by Gasteiger charge is -2.20. The van der Waals surface area contributed by atoms with Crippen molar-refractivity contribution in [1.82, 2.24) is 10.2 Å². The van der Waals surface area contributed by atoms with E-state index in [4.69, 9.17) is 0 Å². The van der Waals surface area contributed by atoms with Crippen LogP contribution in [-0.4, -0.2) is 31.7 Å². The van der Waals surface area contributed by atoms with E-state index in [1.54, 1.807) is 36.4 Å². The lowest BCUT2D eigenvalue weighted by molar-refractivity contribution is 0.601. The highest BCUT2D eigenvalue weighted by Crippen LogP contribution is 2.24. The molecule has 1 N–H and O–H groups in total. The molecule has 0 saturated carbocycles. The second kappa shape index (κ2) is 9.30. The van der Waals surface area contributed by atoms with Gasteiger partial charge in [0.15, 0.2) is 5.82 Å². The monoisotopic (exact) mass is 534 g/mol. The summed E-state index contributed by atoms with van der Waals surface area (Å²) in [6.07, 6.45) is 4.91. The molecule has 6 nitrogen and oxygen atoms in total. The Kier molecular flexibility index (Phi) is 6.52. The van der Waals surface area contributed by atoms with Gasteiger partial charge in [0.1, 0.15) is 0 Å². The van der Waals surface area contributed by atoms with Gasteiger partial charge in [0.05, 0.1) is 10.6 Å². The predicted molar refractivity (Wildman–Crippen MR) is 128 cm³/mol. The van der Waals surface area contributed by atoms with Gasteiger partial charge in [-0.15, -0.1) is 10.2 Å². The molecule has 0 spiro atoms. The summed E-state index contributed by atoms with van der Waals surface area (Å²) in [6, 6.07) is 17.9. The average molecular weight is 534 g/mol. The van der Waals surface area contributed by atoms with Crippen LogP contribution in [0.25, 0.3) is 11.3 Å². The summed E-state index contributed by atoms with van der Waals surface area (Å²) < 4.78 is 29.0. The number of halogens is 1. The first-order chi connectivity index (χ1) is 14.5. The number of sulfonamides is 1. The minimum absolute atomic E-state index is 0.231. The van der Waals surface area contributed by atoms with Gasteiger partial charge in [0, 0.05) is 27.9 Å². The first-order valence-electron chi connectivity index (χ1n) is 9.99. The Morgan fingerprint density at radius 2 is 1.60 bits per heavy atom. The molecule has 2 heterocycles. The van der Waals surface area contributed by atoms with E-state index in [0.29, 0.717) is 11.4 Å². The minimum atomic E-state index is -3.65. The van der Waals surface area contributed by atoms with Crippen molar-refractivity contribution >= 4 is 44.1 Å². The van der Waals surface area contributed by atoms with Crippen molar-refractivity contribution in [3.05, 3.63) is 64.2 Å². The van der Waals surface area contributed by atoms with Crippen LogP contribution in [-0.2, 0) is 10.0 Å². The first-order valence-corrected chi connectivity index (χ1v) is 12.5. The highest BCUT2D eigenvalue weighted by Gasteiger charge is 2.15. The SMILES string of the molecule is O=S(=O)(Nc1cccc(-c2ccc(N3CCCCCC3)nn2)c1)c1ccc(I)cc1. The summed E-state index contributed by atoms with van der Waals surface area (Å²) in [6.45, 7) is 2.04. The van der Waals surface area contributed by atoms with Gasteiger partial charge < -0.3 is 4.90 Å². The van der Waals surface area contributed by atoms with Crippen molar-refractivity contribution in [3.8, 4) is 11.3 Å². The number of hydrogen-bond donors (Lipinski definition) is 1. The molecule has 1 aromatic heterocycles. The van der Waals surface area contributed by atoms with Crippen LogP contribution in [0.15, 0.2) is 65.6 Å². The highest BCUT2D eigenvalue weighted by molar-refractivity contribution is 14.1. The Morgan fingerprint density at radius 3 is 2.27 bits per heavy atom. The van der Waals surface area contributed by atoms with Gasteiger partial charge in [-0.1, -0.05) is 25.0 Å². The van der Waals surface area contributed by atoms with Crippen molar-refractivity contribution in [2.24, 2.45) is 0 Å². The zero-order valence-corrected chi connectivity index (χ0v) is 19.4. The van der Waals surface area contributed by atoms with Gasteiger partial charge >= 0.3 is 0 Å². The highest BCUT2D eigenvalue weighted by atomic mass is 127. The van der Waals surface area contributed by atoms with Gasteiger partial charge in [-0.25, -0.2) is 8.42 Å². The average Bonchev–Trinajstić information content (AvgIpc) is 3.04. The third kappa shape index (κ3) is 5.10. The zero-order valence-electron chi connectivity index (χ0n) is 16.5. The van der Waals surface area contributed by atoms with Crippen LogP contribution in [0.3, 0.4) is 0 Å². The molecule has 0 atom stereocenters. The Hall–Kier alpha value is -2.20. The van der Waals surface area contributed by atoms with E-state index in [1.165, 1.54) is 25.7 Å². The van der Waals surface area contributed by atoms with E-state index < -0.39 is 10.0 Å². The van der Waals surface area contributed by atoms with E-state index >= 15 is 0 Å². The van der Waals surface area contributed by atoms with Crippen LogP contribution < -0.4 is 9.62 Å². The van der Waals surface area contributed by atoms with Gasteiger partial charge in [0.2, 0.25) is 0 Å². The van der Waals surface area contributed by atoms with Crippen molar-refractivity contribution in [2.75, 3.05) is 22.7 Å². The number of hydrogen-bond acceptors (Lipinski definition) is 5. The molecular weight excluding hydrogens is 511 g/mol. The number of nitrogens with zero attached hydrogens (tertiary/aromatic N) is 3. The fourth-order valence-corrected chi connectivity index (χ4v) is 4.93.